The van der Waals surface area contributed by atoms with Crippen LogP contribution in [0.1, 0.15) is 11.1 Å². The Balaban J connectivity index is 1.57. The van der Waals surface area contributed by atoms with Crippen LogP contribution >= 0.6 is 11.6 Å². The van der Waals surface area contributed by atoms with Crippen LogP contribution in [0.15, 0.2) is 42.6 Å². The van der Waals surface area contributed by atoms with E-state index < -0.39 is 23.7 Å². The second-order valence-electron chi connectivity index (χ2n) is 5.66. The number of carbonyl (C=O) groups is 1. The summed E-state index contributed by atoms with van der Waals surface area (Å²) in [5, 5.41) is 0.507. The van der Waals surface area contributed by atoms with Gasteiger partial charge >= 0.3 is 6.18 Å². The highest BCUT2D eigenvalue weighted by atomic mass is 35.5. The van der Waals surface area contributed by atoms with Crippen LogP contribution in [0.2, 0.25) is 5.02 Å². The second kappa shape index (κ2) is 6.92. The van der Waals surface area contributed by atoms with Crippen LogP contribution in [0.25, 0.3) is 0 Å². The first-order valence-corrected chi connectivity index (χ1v) is 7.92. The molecule has 0 aliphatic carbocycles. The topological polar surface area (TPSA) is 42.4 Å². The van der Waals surface area contributed by atoms with Crippen molar-refractivity contribution < 1.29 is 22.7 Å². The number of alkyl halides is 3. The lowest BCUT2D eigenvalue weighted by Crippen LogP contribution is -2.56. The number of aromatic nitrogens is 1. The molecule has 3 rings (SSSR count). The van der Waals surface area contributed by atoms with E-state index in [2.05, 4.69) is 4.98 Å². The maximum absolute atomic E-state index is 12.9. The van der Waals surface area contributed by atoms with Gasteiger partial charge in [-0.15, -0.1) is 0 Å². The van der Waals surface area contributed by atoms with Crippen LogP contribution in [-0.2, 0) is 17.4 Å². The van der Waals surface area contributed by atoms with Crippen LogP contribution in [-0.4, -0.2) is 35.0 Å². The number of hydrogen-bond donors (Lipinski definition) is 0. The molecular weight excluding hydrogens is 357 g/mol. The quantitative estimate of drug-likeness (QED) is 0.826. The Labute approximate surface area is 147 Å². The molecule has 2 heterocycles. The van der Waals surface area contributed by atoms with Crippen molar-refractivity contribution in [1.82, 2.24) is 9.88 Å². The van der Waals surface area contributed by atoms with Crippen LogP contribution in [0, 0.1) is 0 Å². The number of halogens is 4. The number of benzene rings is 1. The zero-order valence-electron chi connectivity index (χ0n) is 13.0. The van der Waals surface area contributed by atoms with Crippen molar-refractivity contribution in [3.8, 4) is 5.88 Å². The third-order valence-electron chi connectivity index (χ3n) is 3.86. The Morgan fingerprint density at radius 2 is 1.96 bits per heavy atom. The standard InChI is InChI=1S/C17H14ClF3N2O2/c18-14-6-2-1-4-11(14)8-15(24)23-9-12(10-23)25-16-13(17(19,20)21)5-3-7-22-16/h1-7,12H,8-10H2. The first-order valence-electron chi connectivity index (χ1n) is 7.54. The summed E-state index contributed by atoms with van der Waals surface area (Å²) >= 11 is 6.02. The molecule has 1 fully saturated rings. The summed E-state index contributed by atoms with van der Waals surface area (Å²) in [6, 6.07) is 9.14. The number of rotatable bonds is 4. The molecule has 0 N–H and O–H groups in total. The number of hydrogen-bond acceptors (Lipinski definition) is 3. The first-order chi connectivity index (χ1) is 11.8. The van der Waals surface area contributed by atoms with Crippen molar-refractivity contribution in [2.75, 3.05) is 13.1 Å². The van der Waals surface area contributed by atoms with Gasteiger partial charge in [-0.2, -0.15) is 13.2 Å². The Morgan fingerprint density at radius 3 is 2.64 bits per heavy atom. The lowest BCUT2D eigenvalue weighted by molar-refractivity contribution is -0.144. The number of nitrogens with zero attached hydrogens (tertiary/aromatic N) is 2. The van der Waals surface area contributed by atoms with E-state index in [1.165, 1.54) is 17.2 Å². The highest BCUT2D eigenvalue weighted by Crippen LogP contribution is 2.35. The molecule has 8 heteroatoms. The second-order valence-corrected chi connectivity index (χ2v) is 6.07. The zero-order valence-corrected chi connectivity index (χ0v) is 13.7. The van der Waals surface area contributed by atoms with E-state index in [4.69, 9.17) is 16.3 Å². The van der Waals surface area contributed by atoms with Gasteiger partial charge in [0.2, 0.25) is 11.8 Å². The molecule has 2 aromatic rings. The van der Waals surface area contributed by atoms with E-state index in [1.807, 2.05) is 0 Å². The molecule has 0 saturated carbocycles. The van der Waals surface area contributed by atoms with Gasteiger partial charge in [0.15, 0.2) is 0 Å². The summed E-state index contributed by atoms with van der Waals surface area (Å²) in [6.45, 7) is 0.439. The maximum atomic E-state index is 12.9. The van der Waals surface area contributed by atoms with E-state index >= 15 is 0 Å². The van der Waals surface area contributed by atoms with Gasteiger partial charge in [-0.05, 0) is 23.8 Å². The predicted octanol–water partition coefficient (Wildman–Crippen LogP) is 3.59. The number of ether oxygens (including phenoxy) is 1. The average molecular weight is 371 g/mol. The van der Waals surface area contributed by atoms with Gasteiger partial charge in [-0.1, -0.05) is 29.8 Å². The average Bonchev–Trinajstić information content (AvgIpc) is 2.52. The van der Waals surface area contributed by atoms with Gasteiger partial charge < -0.3 is 9.64 Å². The monoisotopic (exact) mass is 370 g/mol. The summed E-state index contributed by atoms with van der Waals surface area (Å²) in [7, 11) is 0. The summed E-state index contributed by atoms with van der Waals surface area (Å²) in [5.41, 5.74) is -0.210. The zero-order chi connectivity index (χ0) is 18.0. The van der Waals surface area contributed by atoms with Gasteiger partial charge in [-0.3, -0.25) is 4.79 Å². The molecule has 1 aromatic carbocycles. The van der Waals surface area contributed by atoms with Crippen LogP contribution in [0.5, 0.6) is 5.88 Å². The number of carbonyl (C=O) groups excluding carboxylic acids is 1. The Bertz CT molecular complexity index is 776. The molecular formula is C17H14ClF3N2O2. The van der Waals surface area contributed by atoms with Gasteiger partial charge in [-0.25, -0.2) is 4.98 Å². The van der Waals surface area contributed by atoms with Gasteiger partial charge in [0.05, 0.1) is 19.5 Å². The molecule has 4 nitrogen and oxygen atoms in total. The van der Waals surface area contributed by atoms with Crippen LogP contribution in [0.3, 0.4) is 0 Å². The van der Waals surface area contributed by atoms with E-state index in [9.17, 15) is 18.0 Å². The molecule has 1 saturated heterocycles. The van der Waals surface area contributed by atoms with Crippen molar-refractivity contribution in [2.24, 2.45) is 0 Å². The van der Waals surface area contributed by atoms with Crippen molar-refractivity contribution in [1.29, 1.82) is 0 Å². The molecule has 1 aliphatic heterocycles. The Morgan fingerprint density at radius 1 is 1.24 bits per heavy atom. The highest BCUT2D eigenvalue weighted by Gasteiger charge is 2.38. The summed E-state index contributed by atoms with van der Waals surface area (Å²) in [6.07, 6.45) is -3.66. The van der Waals surface area contributed by atoms with Gasteiger partial charge in [0.25, 0.3) is 0 Å². The largest absolute Gasteiger partial charge is 0.470 e. The van der Waals surface area contributed by atoms with Gasteiger partial charge in [0.1, 0.15) is 11.7 Å². The van der Waals surface area contributed by atoms with E-state index in [1.54, 1.807) is 24.3 Å². The molecule has 132 valence electrons. The number of pyridine rings is 1. The van der Waals surface area contributed by atoms with E-state index in [-0.39, 0.29) is 25.4 Å². The third-order valence-corrected chi connectivity index (χ3v) is 4.22. The molecule has 1 aromatic heterocycles. The van der Waals surface area contributed by atoms with E-state index in [0.29, 0.717) is 10.6 Å². The molecule has 0 atom stereocenters. The SMILES string of the molecule is O=C(Cc1ccccc1Cl)N1CC(Oc2ncccc2C(F)(F)F)C1. The molecule has 0 bridgehead atoms. The maximum Gasteiger partial charge on any atom is 0.421 e. The van der Waals surface area contributed by atoms with E-state index in [0.717, 1.165) is 6.07 Å². The van der Waals surface area contributed by atoms with Crippen LogP contribution in [0.4, 0.5) is 13.2 Å². The van der Waals surface area contributed by atoms with Gasteiger partial charge in [0, 0.05) is 11.2 Å². The predicted molar refractivity (Wildman–Crippen MR) is 85.4 cm³/mol. The lowest BCUT2D eigenvalue weighted by Gasteiger charge is -2.39. The molecule has 0 unspecified atom stereocenters. The molecule has 25 heavy (non-hydrogen) atoms. The lowest BCUT2D eigenvalue weighted by atomic mass is 10.1. The number of likely N-dealkylation sites (tertiary alicyclic amines) is 1. The normalized spacial score (nSPS) is 15.0. The van der Waals surface area contributed by atoms with Crippen molar-refractivity contribution in [3.05, 3.63) is 58.7 Å². The summed E-state index contributed by atoms with van der Waals surface area (Å²) < 4.78 is 44.0. The summed E-state index contributed by atoms with van der Waals surface area (Å²) in [4.78, 5) is 17.4. The fraction of sp³-hybridized carbons (Fsp3) is 0.294. The third kappa shape index (κ3) is 4.04. The summed E-state index contributed by atoms with van der Waals surface area (Å²) in [5.74, 6) is -0.608. The molecule has 0 radical (unpaired) electrons. The Kier molecular flexibility index (Phi) is 4.85. The first kappa shape index (κ1) is 17.5. The highest BCUT2D eigenvalue weighted by molar-refractivity contribution is 6.31. The fourth-order valence-corrected chi connectivity index (χ4v) is 2.69. The van der Waals surface area contributed by atoms with Crippen molar-refractivity contribution in [3.63, 3.8) is 0 Å². The number of amides is 1. The van der Waals surface area contributed by atoms with Crippen molar-refractivity contribution >= 4 is 17.5 Å². The Hall–Kier alpha value is -2.28. The smallest absolute Gasteiger partial charge is 0.421 e. The minimum Gasteiger partial charge on any atom is -0.470 e. The molecule has 0 spiro atoms. The fourth-order valence-electron chi connectivity index (χ4n) is 2.49. The van der Waals surface area contributed by atoms with Crippen molar-refractivity contribution in [2.45, 2.75) is 18.7 Å². The molecule has 1 amide bonds. The minimum absolute atomic E-state index is 0.143. The van der Waals surface area contributed by atoms with Crippen LogP contribution < -0.4 is 4.74 Å². The minimum atomic E-state index is -4.53. The molecule has 1 aliphatic rings.